The van der Waals surface area contributed by atoms with Crippen LogP contribution in [-0.2, 0) is 14.9 Å². The highest BCUT2D eigenvalue weighted by Crippen LogP contribution is 2.54. The first kappa shape index (κ1) is 24.5. The van der Waals surface area contributed by atoms with Crippen LogP contribution in [0.1, 0.15) is 19.8 Å². The summed E-state index contributed by atoms with van der Waals surface area (Å²) in [6, 6.07) is 0. The first-order valence-electron chi connectivity index (χ1n) is 5.57. The van der Waals surface area contributed by atoms with Gasteiger partial charge in [0.1, 0.15) is 0 Å². The van der Waals surface area contributed by atoms with Crippen LogP contribution in [0, 0.1) is 0 Å². The predicted octanol–water partition coefficient (Wildman–Crippen LogP) is 3.73. The molecule has 23 heavy (non-hydrogen) atoms. The van der Waals surface area contributed by atoms with E-state index in [9.17, 15) is 47.9 Å². The summed E-state index contributed by atoms with van der Waals surface area (Å²) in [6.45, 7) is 3.07. The molecule has 0 unspecified atom stereocenters. The summed E-state index contributed by atoms with van der Waals surface area (Å²) in [5, 5.41) is -7.00. The maximum absolute atomic E-state index is 12.2. The molecule has 0 amide bonds. The molecule has 0 saturated heterocycles. The first-order valence-corrected chi connectivity index (χ1v) is 7.01. The number of methoxy groups -OCH3 is 1. The third kappa shape index (κ3) is 5.38. The molecule has 0 saturated carbocycles. The third-order valence-electron chi connectivity index (χ3n) is 2.14. The number of halogens is 9. The molecular weight excluding hydrogens is 375 g/mol. The Morgan fingerprint density at radius 1 is 0.913 bits per heavy atom. The Morgan fingerprint density at radius 2 is 1.30 bits per heavy atom. The summed E-state index contributed by atoms with van der Waals surface area (Å²) in [5.41, 5.74) is 0. The van der Waals surface area contributed by atoms with Crippen molar-refractivity contribution in [1.82, 2.24) is 0 Å². The van der Waals surface area contributed by atoms with Crippen molar-refractivity contribution in [2.45, 2.75) is 43.0 Å². The molecule has 142 valence electrons. The summed E-state index contributed by atoms with van der Waals surface area (Å²) in [4.78, 5) is 0. The molecule has 4 nitrogen and oxygen atoms in total. The summed E-state index contributed by atoms with van der Waals surface area (Å²) < 4.78 is 139. The van der Waals surface area contributed by atoms with Crippen LogP contribution in [0.4, 0.5) is 39.5 Å². The van der Waals surface area contributed by atoms with E-state index in [4.69, 9.17) is 9.29 Å². The van der Waals surface area contributed by atoms with Gasteiger partial charge in [0.05, 0.1) is 0 Å². The van der Waals surface area contributed by atoms with Crippen LogP contribution in [0.3, 0.4) is 0 Å². The van der Waals surface area contributed by atoms with Gasteiger partial charge >= 0.3 is 33.4 Å². The molecular formula is C9H13F9O4S. The van der Waals surface area contributed by atoms with Crippen LogP contribution in [0.5, 0.6) is 0 Å². The number of hydrogen-bond donors (Lipinski definition) is 1. The minimum Gasteiger partial charge on any atom is -0.385 e. The number of unbranched alkanes of at least 4 members (excludes halogenated alkanes) is 1. The van der Waals surface area contributed by atoms with E-state index in [-0.39, 0.29) is 0 Å². The van der Waals surface area contributed by atoms with Crippen molar-refractivity contribution < 1.29 is 57.2 Å². The van der Waals surface area contributed by atoms with E-state index < -0.39 is 33.4 Å². The van der Waals surface area contributed by atoms with Crippen LogP contribution in [0.15, 0.2) is 0 Å². The topological polar surface area (TPSA) is 63.6 Å². The summed E-state index contributed by atoms with van der Waals surface area (Å²) in [6.07, 6.45) is -4.71. The molecule has 14 heteroatoms. The summed E-state index contributed by atoms with van der Waals surface area (Å²) >= 11 is 0. The van der Waals surface area contributed by atoms with Crippen molar-refractivity contribution in [1.29, 1.82) is 0 Å². The lowest BCUT2D eigenvalue weighted by molar-refractivity contribution is -0.382. The molecule has 0 spiro atoms. The lowest BCUT2D eigenvalue weighted by Gasteiger charge is -2.31. The minimum atomic E-state index is -7.37. The monoisotopic (exact) mass is 388 g/mol. The molecule has 0 aromatic rings. The quantitative estimate of drug-likeness (QED) is 0.428. The Bertz CT molecular complexity index is 454. The van der Waals surface area contributed by atoms with E-state index in [1.54, 1.807) is 7.11 Å². The lowest BCUT2D eigenvalue weighted by Crippen LogP contribution is -2.63. The SMILES string of the molecule is CCCCOC.O=S(=O)(O)C(F)(F)C(F)(F)C(F)(F)C(F)(F)F. The van der Waals surface area contributed by atoms with Gasteiger partial charge in [0.2, 0.25) is 0 Å². The molecule has 0 bridgehead atoms. The van der Waals surface area contributed by atoms with E-state index in [1.165, 1.54) is 12.8 Å². The van der Waals surface area contributed by atoms with E-state index in [2.05, 4.69) is 6.92 Å². The second-order valence-corrected chi connectivity index (χ2v) is 5.45. The highest BCUT2D eigenvalue weighted by molar-refractivity contribution is 7.87. The fraction of sp³-hybridized carbons (Fsp3) is 1.00. The smallest absolute Gasteiger partial charge is 0.385 e. The highest BCUT2D eigenvalue weighted by atomic mass is 32.2. The summed E-state index contributed by atoms with van der Waals surface area (Å²) in [7, 11) is -5.43. The molecule has 0 rings (SSSR count). The third-order valence-corrected chi connectivity index (χ3v) is 3.05. The van der Waals surface area contributed by atoms with Crippen molar-refractivity contribution in [2.24, 2.45) is 0 Å². The molecule has 0 aromatic carbocycles. The molecule has 0 aromatic heterocycles. The van der Waals surface area contributed by atoms with Gasteiger partial charge in [-0.3, -0.25) is 4.55 Å². The van der Waals surface area contributed by atoms with Gasteiger partial charge in [0.15, 0.2) is 0 Å². The Morgan fingerprint density at radius 3 is 1.48 bits per heavy atom. The van der Waals surface area contributed by atoms with Crippen LogP contribution < -0.4 is 0 Å². The molecule has 0 fully saturated rings. The van der Waals surface area contributed by atoms with E-state index >= 15 is 0 Å². The van der Waals surface area contributed by atoms with Gasteiger partial charge in [0, 0.05) is 13.7 Å². The highest BCUT2D eigenvalue weighted by Gasteiger charge is 2.85. The normalized spacial score (nSPS) is 14.3. The van der Waals surface area contributed by atoms with Gasteiger partial charge < -0.3 is 4.74 Å². The number of alkyl halides is 9. The second-order valence-electron chi connectivity index (χ2n) is 3.98. The maximum Gasteiger partial charge on any atom is 0.460 e. The van der Waals surface area contributed by atoms with Gasteiger partial charge in [0.25, 0.3) is 0 Å². The number of rotatable bonds is 6. The van der Waals surface area contributed by atoms with Crippen LogP contribution in [0.25, 0.3) is 0 Å². The zero-order chi connectivity index (χ0) is 19.3. The fourth-order valence-corrected chi connectivity index (χ4v) is 1.26. The Kier molecular flexibility index (Phi) is 8.39. The Hall–Kier alpha value is -0.760. The second kappa shape index (κ2) is 7.88. The van der Waals surface area contributed by atoms with Crippen molar-refractivity contribution in [3.63, 3.8) is 0 Å². The Balaban J connectivity index is 0. The number of ether oxygens (including phenoxy) is 1. The predicted molar refractivity (Wildman–Crippen MR) is 59.2 cm³/mol. The van der Waals surface area contributed by atoms with Gasteiger partial charge in [-0.05, 0) is 6.42 Å². The zero-order valence-electron chi connectivity index (χ0n) is 11.6. The van der Waals surface area contributed by atoms with E-state index in [1.807, 2.05) is 0 Å². The Labute approximate surface area is 125 Å². The molecule has 1 N–H and O–H groups in total. The van der Waals surface area contributed by atoms with E-state index in [0.29, 0.717) is 0 Å². The minimum absolute atomic E-state index is 0.913. The molecule has 0 aliphatic heterocycles. The van der Waals surface area contributed by atoms with Gasteiger partial charge in [-0.25, -0.2) is 0 Å². The summed E-state index contributed by atoms with van der Waals surface area (Å²) in [5.74, 6) is -14.7. The molecule has 0 heterocycles. The van der Waals surface area contributed by atoms with Gasteiger partial charge in [-0.1, -0.05) is 13.3 Å². The molecule has 0 atom stereocenters. The number of hydrogen-bond acceptors (Lipinski definition) is 3. The first-order chi connectivity index (χ1) is 9.91. The average Bonchev–Trinajstić information content (AvgIpc) is 2.33. The van der Waals surface area contributed by atoms with E-state index in [0.717, 1.165) is 6.61 Å². The van der Waals surface area contributed by atoms with Crippen molar-refractivity contribution >= 4 is 10.1 Å². The molecule has 0 aliphatic rings. The van der Waals surface area contributed by atoms with Crippen LogP contribution in [-0.4, -0.2) is 50.0 Å². The van der Waals surface area contributed by atoms with Crippen LogP contribution >= 0.6 is 0 Å². The largest absolute Gasteiger partial charge is 0.460 e. The zero-order valence-corrected chi connectivity index (χ0v) is 12.4. The van der Waals surface area contributed by atoms with Gasteiger partial charge in [-0.2, -0.15) is 47.9 Å². The molecule has 0 aliphatic carbocycles. The van der Waals surface area contributed by atoms with Crippen LogP contribution in [0.2, 0.25) is 0 Å². The molecule has 0 radical (unpaired) electrons. The van der Waals surface area contributed by atoms with Crippen molar-refractivity contribution in [3.05, 3.63) is 0 Å². The average molecular weight is 388 g/mol. The standard InChI is InChI=1S/C5H12O.C4HF9O3S/c1-3-4-5-6-2;5-1(6,3(9,10)11)2(7,8)4(12,13)17(14,15)16/h3-5H2,1-2H3;(H,14,15,16). The van der Waals surface area contributed by atoms with Gasteiger partial charge in [-0.15, -0.1) is 0 Å². The van der Waals surface area contributed by atoms with Crippen molar-refractivity contribution in [3.8, 4) is 0 Å². The fourth-order valence-electron chi connectivity index (χ4n) is 0.811. The lowest BCUT2D eigenvalue weighted by atomic mass is 10.1. The van der Waals surface area contributed by atoms with Crippen molar-refractivity contribution in [2.75, 3.05) is 13.7 Å². The maximum atomic E-state index is 12.2.